The second-order valence-corrected chi connectivity index (χ2v) is 3.07. The predicted octanol–water partition coefficient (Wildman–Crippen LogP) is 1.62. The molecule has 0 aliphatic heterocycles. The first-order valence-corrected chi connectivity index (χ1v) is 3.95. The van der Waals surface area contributed by atoms with E-state index in [2.05, 4.69) is 10.9 Å². The van der Waals surface area contributed by atoms with E-state index in [-0.39, 0.29) is 11.6 Å². The first-order chi connectivity index (χ1) is 6.06. The van der Waals surface area contributed by atoms with Crippen LogP contribution in [0.5, 0.6) is 0 Å². The summed E-state index contributed by atoms with van der Waals surface area (Å²) in [6.45, 7) is 3.63. The van der Waals surface area contributed by atoms with Gasteiger partial charge in [0.15, 0.2) is 0 Å². The fourth-order valence-corrected chi connectivity index (χ4v) is 1.22. The van der Waals surface area contributed by atoms with Gasteiger partial charge in [-0.3, -0.25) is 4.79 Å². The van der Waals surface area contributed by atoms with Crippen molar-refractivity contribution in [1.29, 1.82) is 0 Å². The van der Waals surface area contributed by atoms with Gasteiger partial charge in [-0.2, -0.15) is 0 Å². The summed E-state index contributed by atoms with van der Waals surface area (Å²) in [5, 5.41) is 0. The number of halogens is 1. The average molecular weight is 179 g/mol. The summed E-state index contributed by atoms with van der Waals surface area (Å²) in [6, 6.07) is 0.913. The zero-order valence-corrected chi connectivity index (χ0v) is 7.52. The highest BCUT2D eigenvalue weighted by Gasteiger charge is 2.12. The van der Waals surface area contributed by atoms with Gasteiger partial charge in [-0.15, -0.1) is 6.42 Å². The Balaban J connectivity index is 3.50. The molecule has 3 heteroatoms. The molecule has 68 valence electrons. The smallest absolute Gasteiger partial charge is 0.251 e. The van der Waals surface area contributed by atoms with Crippen LogP contribution in [0.25, 0.3) is 0 Å². The third kappa shape index (κ3) is 1.78. The van der Waals surface area contributed by atoms with Crippen molar-refractivity contribution in [2.45, 2.75) is 19.8 Å². The minimum atomic E-state index is -0.535. The SMILES string of the molecule is C#Cc1[nH]c(=O)cc(F)c1C(C)C. The number of terminal acetylenes is 1. The maximum atomic E-state index is 13.2. The number of H-pyrrole nitrogens is 1. The molecule has 0 saturated heterocycles. The number of aromatic amines is 1. The lowest BCUT2D eigenvalue weighted by molar-refractivity contribution is 0.591. The Morgan fingerprint density at radius 2 is 2.23 bits per heavy atom. The van der Waals surface area contributed by atoms with Gasteiger partial charge in [-0.25, -0.2) is 4.39 Å². The summed E-state index contributed by atoms with van der Waals surface area (Å²) in [7, 11) is 0. The van der Waals surface area contributed by atoms with Gasteiger partial charge in [0.25, 0.3) is 5.56 Å². The van der Waals surface area contributed by atoms with Crippen molar-refractivity contribution in [1.82, 2.24) is 4.98 Å². The van der Waals surface area contributed by atoms with Crippen LogP contribution in [-0.4, -0.2) is 4.98 Å². The molecule has 0 aliphatic rings. The van der Waals surface area contributed by atoms with E-state index in [1.54, 1.807) is 0 Å². The summed E-state index contributed by atoms with van der Waals surface area (Å²) in [6.07, 6.45) is 5.14. The van der Waals surface area contributed by atoms with Crippen LogP contribution < -0.4 is 5.56 Å². The molecule has 0 amide bonds. The van der Waals surface area contributed by atoms with E-state index in [0.717, 1.165) is 6.07 Å². The van der Waals surface area contributed by atoms with Gasteiger partial charge >= 0.3 is 0 Å². The number of hydrogen-bond acceptors (Lipinski definition) is 1. The fraction of sp³-hybridized carbons (Fsp3) is 0.300. The number of pyridine rings is 1. The van der Waals surface area contributed by atoms with Crippen molar-refractivity contribution in [2.24, 2.45) is 0 Å². The van der Waals surface area contributed by atoms with E-state index in [0.29, 0.717) is 5.56 Å². The van der Waals surface area contributed by atoms with Crippen LogP contribution in [-0.2, 0) is 0 Å². The van der Waals surface area contributed by atoms with Crippen molar-refractivity contribution in [3.05, 3.63) is 33.5 Å². The summed E-state index contributed by atoms with van der Waals surface area (Å²) in [5.41, 5.74) is 0.122. The molecule has 1 heterocycles. The molecule has 0 saturated carbocycles. The standard InChI is InChI=1S/C10H10FNO/c1-4-8-10(6(2)3)7(11)5-9(13)12-8/h1,5-6H,2-3H3,(H,12,13). The zero-order valence-electron chi connectivity index (χ0n) is 7.52. The molecular formula is C10H10FNO. The Morgan fingerprint density at radius 1 is 1.62 bits per heavy atom. The van der Waals surface area contributed by atoms with Crippen molar-refractivity contribution in [3.63, 3.8) is 0 Å². The van der Waals surface area contributed by atoms with Crippen molar-refractivity contribution in [3.8, 4) is 12.3 Å². The van der Waals surface area contributed by atoms with Gasteiger partial charge in [0.1, 0.15) is 5.82 Å². The van der Waals surface area contributed by atoms with E-state index in [9.17, 15) is 9.18 Å². The highest BCUT2D eigenvalue weighted by Crippen LogP contribution is 2.18. The second kappa shape index (κ2) is 3.44. The minimum absolute atomic E-state index is 0.0390. The molecule has 0 radical (unpaired) electrons. The zero-order chi connectivity index (χ0) is 10.0. The molecule has 1 aromatic rings. The third-order valence-electron chi connectivity index (χ3n) is 1.75. The summed E-state index contributed by atoms with van der Waals surface area (Å²) < 4.78 is 13.2. The Morgan fingerprint density at radius 3 is 2.69 bits per heavy atom. The van der Waals surface area contributed by atoms with Gasteiger partial charge in [-0.1, -0.05) is 19.8 Å². The van der Waals surface area contributed by atoms with Crippen LogP contribution in [0.1, 0.15) is 31.0 Å². The van der Waals surface area contributed by atoms with Crippen LogP contribution in [0.4, 0.5) is 4.39 Å². The number of nitrogens with one attached hydrogen (secondary N) is 1. The van der Waals surface area contributed by atoms with Crippen molar-refractivity contribution in [2.75, 3.05) is 0 Å². The largest absolute Gasteiger partial charge is 0.315 e. The molecule has 1 N–H and O–H groups in total. The number of rotatable bonds is 1. The lowest BCUT2D eigenvalue weighted by Crippen LogP contribution is -2.12. The Hall–Kier alpha value is -1.56. The molecule has 0 unspecified atom stereocenters. The summed E-state index contributed by atoms with van der Waals surface area (Å²) in [4.78, 5) is 13.3. The summed E-state index contributed by atoms with van der Waals surface area (Å²) in [5.74, 6) is 1.69. The quantitative estimate of drug-likeness (QED) is 0.653. The van der Waals surface area contributed by atoms with E-state index >= 15 is 0 Å². The fourth-order valence-electron chi connectivity index (χ4n) is 1.22. The topological polar surface area (TPSA) is 32.9 Å². The average Bonchev–Trinajstić information content (AvgIpc) is 2.01. The molecule has 0 aliphatic carbocycles. The van der Waals surface area contributed by atoms with Crippen molar-refractivity contribution < 1.29 is 4.39 Å². The van der Waals surface area contributed by atoms with Gasteiger partial charge in [0.05, 0.1) is 5.69 Å². The molecule has 0 bridgehead atoms. The highest BCUT2D eigenvalue weighted by atomic mass is 19.1. The third-order valence-corrected chi connectivity index (χ3v) is 1.75. The van der Waals surface area contributed by atoms with Crippen LogP contribution in [0.15, 0.2) is 10.9 Å². The molecule has 1 rings (SSSR count). The molecular weight excluding hydrogens is 169 g/mol. The van der Waals surface area contributed by atoms with E-state index in [1.807, 2.05) is 13.8 Å². The first kappa shape index (κ1) is 9.53. The number of hydrogen-bond donors (Lipinski definition) is 1. The number of aromatic nitrogens is 1. The molecule has 2 nitrogen and oxygen atoms in total. The molecule has 0 aromatic carbocycles. The lowest BCUT2D eigenvalue weighted by atomic mass is 10.0. The van der Waals surface area contributed by atoms with E-state index < -0.39 is 11.4 Å². The van der Waals surface area contributed by atoms with Gasteiger partial charge in [0, 0.05) is 11.6 Å². The van der Waals surface area contributed by atoms with Crippen LogP contribution in [0, 0.1) is 18.2 Å². The molecule has 0 spiro atoms. The van der Waals surface area contributed by atoms with Gasteiger partial charge in [-0.05, 0) is 5.92 Å². The highest BCUT2D eigenvalue weighted by molar-refractivity contribution is 5.36. The Kier molecular flexibility index (Phi) is 2.52. The van der Waals surface area contributed by atoms with Crippen molar-refractivity contribution >= 4 is 0 Å². The second-order valence-electron chi connectivity index (χ2n) is 3.07. The maximum Gasteiger partial charge on any atom is 0.251 e. The van der Waals surface area contributed by atoms with E-state index in [1.165, 1.54) is 0 Å². The van der Waals surface area contributed by atoms with Crippen LogP contribution in [0.3, 0.4) is 0 Å². The van der Waals surface area contributed by atoms with Gasteiger partial charge < -0.3 is 4.98 Å². The molecule has 0 fully saturated rings. The lowest BCUT2D eigenvalue weighted by Gasteiger charge is -2.08. The first-order valence-electron chi connectivity index (χ1n) is 3.95. The maximum absolute atomic E-state index is 13.2. The minimum Gasteiger partial charge on any atom is -0.315 e. The van der Waals surface area contributed by atoms with Crippen LogP contribution in [0.2, 0.25) is 0 Å². The van der Waals surface area contributed by atoms with Gasteiger partial charge in [0.2, 0.25) is 0 Å². The molecule has 0 atom stereocenters. The van der Waals surface area contributed by atoms with Crippen LogP contribution >= 0.6 is 0 Å². The normalized spacial score (nSPS) is 10.1. The Bertz CT molecular complexity index is 412. The van der Waals surface area contributed by atoms with E-state index in [4.69, 9.17) is 6.42 Å². The molecule has 13 heavy (non-hydrogen) atoms. The predicted molar refractivity (Wildman–Crippen MR) is 49.0 cm³/mol. The monoisotopic (exact) mass is 179 g/mol. The Labute approximate surface area is 75.8 Å². The molecule has 1 aromatic heterocycles. The summed E-state index contributed by atoms with van der Waals surface area (Å²) >= 11 is 0.